The highest BCUT2D eigenvalue weighted by Gasteiger charge is 2.22. The fraction of sp³-hybridized carbons (Fsp3) is 0.276. The van der Waals surface area contributed by atoms with Crippen LogP contribution in [-0.4, -0.2) is 35.4 Å². The lowest BCUT2D eigenvalue weighted by atomic mass is 9.96. The van der Waals surface area contributed by atoms with Gasteiger partial charge in [0.15, 0.2) is 5.43 Å². The number of carbonyl (C=O) groups is 1. The third-order valence-corrected chi connectivity index (χ3v) is 6.17. The zero-order chi connectivity index (χ0) is 25.5. The number of nitrogens with zero attached hydrogens (tertiary/aromatic N) is 2. The van der Waals surface area contributed by atoms with Gasteiger partial charge in [0.2, 0.25) is 0 Å². The van der Waals surface area contributed by atoms with Crippen molar-refractivity contribution in [2.45, 2.75) is 26.2 Å². The molecule has 0 bridgehead atoms. The monoisotopic (exact) mass is 487 g/mol. The Morgan fingerprint density at radius 1 is 1.11 bits per heavy atom. The first-order valence-corrected chi connectivity index (χ1v) is 12.1. The summed E-state index contributed by atoms with van der Waals surface area (Å²) in [4.78, 5) is 32.4. The number of hydrogen-bond donors (Lipinski definition) is 1. The van der Waals surface area contributed by atoms with E-state index in [9.17, 15) is 14.0 Å². The van der Waals surface area contributed by atoms with Gasteiger partial charge in [0, 0.05) is 55.5 Å². The van der Waals surface area contributed by atoms with Gasteiger partial charge in [-0.2, -0.15) is 0 Å². The number of rotatable bonds is 10. The van der Waals surface area contributed by atoms with Crippen LogP contribution >= 0.6 is 0 Å². The average molecular weight is 488 g/mol. The molecule has 2 aromatic heterocycles. The number of pyridine rings is 1. The lowest BCUT2D eigenvalue weighted by molar-refractivity contribution is 0.0729. The predicted molar refractivity (Wildman–Crippen MR) is 138 cm³/mol. The zero-order valence-corrected chi connectivity index (χ0v) is 20.3. The van der Waals surface area contributed by atoms with Crippen molar-refractivity contribution < 1.29 is 13.6 Å². The summed E-state index contributed by atoms with van der Waals surface area (Å²) in [6.07, 6.45) is 4.69. The highest BCUT2D eigenvalue weighted by atomic mass is 19.1. The van der Waals surface area contributed by atoms with E-state index in [0.717, 1.165) is 5.56 Å². The van der Waals surface area contributed by atoms with E-state index in [4.69, 9.17) is 10.2 Å². The molecule has 2 N–H and O–H groups in total. The molecule has 2 aromatic carbocycles. The maximum atomic E-state index is 13.9. The molecule has 4 aromatic rings. The van der Waals surface area contributed by atoms with Crippen LogP contribution in [0.15, 0.2) is 82.3 Å². The van der Waals surface area contributed by atoms with E-state index in [2.05, 4.69) is 4.98 Å². The number of fused-ring (bicyclic) bond motifs is 1. The van der Waals surface area contributed by atoms with Crippen molar-refractivity contribution in [3.8, 4) is 0 Å². The van der Waals surface area contributed by atoms with Crippen LogP contribution in [0.4, 0.5) is 4.39 Å². The molecule has 0 saturated carbocycles. The highest BCUT2D eigenvalue weighted by molar-refractivity contribution is 5.94. The van der Waals surface area contributed by atoms with Gasteiger partial charge < -0.3 is 15.1 Å². The van der Waals surface area contributed by atoms with Crippen molar-refractivity contribution in [3.05, 3.63) is 112 Å². The third kappa shape index (κ3) is 6.04. The molecule has 0 aliphatic heterocycles. The quantitative estimate of drug-likeness (QED) is 0.353. The summed E-state index contributed by atoms with van der Waals surface area (Å²) in [5.41, 5.74) is 7.89. The summed E-state index contributed by atoms with van der Waals surface area (Å²) >= 11 is 0. The first-order valence-electron chi connectivity index (χ1n) is 12.1. The maximum absolute atomic E-state index is 13.9. The Hall–Kier alpha value is -3.84. The van der Waals surface area contributed by atoms with Crippen molar-refractivity contribution >= 4 is 16.9 Å². The molecular weight excluding hydrogens is 457 g/mol. The molecule has 4 rings (SSSR count). The number of carbonyl (C=O) groups excluding carboxylic acids is 1. The number of hydrogen-bond acceptors (Lipinski definition) is 5. The van der Waals surface area contributed by atoms with E-state index in [1.807, 2.05) is 37.3 Å². The normalized spacial score (nSPS) is 12.0. The first kappa shape index (κ1) is 25.3. The van der Waals surface area contributed by atoms with Crippen LogP contribution in [0, 0.1) is 11.7 Å². The van der Waals surface area contributed by atoms with Gasteiger partial charge in [-0.05, 0) is 48.7 Å². The minimum Gasteiger partial charge on any atom is -0.460 e. The summed E-state index contributed by atoms with van der Waals surface area (Å²) in [7, 11) is 0. The van der Waals surface area contributed by atoms with Crippen molar-refractivity contribution in [2.75, 3.05) is 19.6 Å². The predicted octanol–water partition coefficient (Wildman–Crippen LogP) is 4.59. The molecule has 0 aliphatic carbocycles. The van der Waals surface area contributed by atoms with Crippen LogP contribution in [0.25, 0.3) is 11.0 Å². The second-order valence-electron chi connectivity index (χ2n) is 9.07. The summed E-state index contributed by atoms with van der Waals surface area (Å²) in [6.45, 7) is 3.46. The Bertz CT molecular complexity index is 1370. The first-order chi connectivity index (χ1) is 17.5. The lowest BCUT2D eigenvalue weighted by Gasteiger charge is -2.26. The minimum absolute atomic E-state index is 0.0303. The van der Waals surface area contributed by atoms with Crippen LogP contribution in [0.5, 0.6) is 0 Å². The van der Waals surface area contributed by atoms with E-state index in [1.54, 1.807) is 29.4 Å². The second kappa shape index (κ2) is 11.7. The number of aromatic nitrogens is 1. The summed E-state index contributed by atoms with van der Waals surface area (Å²) in [6, 6.07) is 17.1. The molecule has 0 radical (unpaired) electrons. The average Bonchev–Trinajstić information content (AvgIpc) is 2.89. The van der Waals surface area contributed by atoms with Crippen molar-refractivity contribution in [2.24, 2.45) is 11.7 Å². The van der Waals surface area contributed by atoms with Crippen molar-refractivity contribution in [1.82, 2.24) is 9.88 Å². The van der Waals surface area contributed by atoms with Crippen LogP contribution in [0.3, 0.4) is 0 Å². The van der Waals surface area contributed by atoms with Gasteiger partial charge in [0.25, 0.3) is 5.91 Å². The van der Waals surface area contributed by atoms with Crippen LogP contribution in [0.2, 0.25) is 0 Å². The molecule has 6 nitrogen and oxygen atoms in total. The molecule has 186 valence electrons. The van der Waals surface area contributed by atoms with E-state index in [-0.39, 0.29) is 22.8 Å². The number of nitrogens with two attached hydrogens (primary N) is 1. The minimum atomic E-state index is -0.462. The molecule has 7 heteroatoms. The fourth-order valence-electron chi connectivity index (χ4n) is 4.39. The Morgan fingerprint density at radius 2 is 1.86 bits per heavy atom. The molecule has 36 heavy (non-hydrogen) atoms. The maximum Gasteiger partial charge on any atom is 0.253 e. The van der Waals surface area contributed by atoms with Gasteiger partial charge in [0.05, 0.1) is 5.39 Å². The molecule has 1 atom stereocenters. The van der Waals surface area contributed by atoms with Crippen LogP contribution in [0.1, 0.15) is 40.6 Å². The standard InChI is InChI=1S/C29H30FN3O3/c1-20(19-33(15-5-12-31)29(35)22-10-13-32-14-11-22)16-26-25(17-21-6-3-2-4-7-21)28(34)24-9-8-23(30)18-27(24)36-26/h2-4,6-11,13-14,18,20H,5,12,15-17,19,31H2,1H3. The van der Waals surface area contributed by atoms with Crippen LogP contribution in [-0.2, 0) is 12.8 Å². The number of halogens is 1. The second-order valence-corrected chi connectivity index (χ2v) is 9.07. The van der Waals surface area contributed by atoms with Crippen LogP contribution < -0.4 is 11.2 Å². The molecule has 0 saturated heterocycles. The zero-order valence-electron chi connectivity index (χ0n) is 20.3. The lowest BCUT2D eigenvalue weighted by Crippen LogP contribution is -2.37. The van der Waals surface area contributed by atoms with Gasteiger partial charge in [-0.1, -0.05) is 37.3 Å². The number of amides is 1. The van der Waals surface area contributed by atoms with Gasteiger partial charge in [0.1, 0.15) is 17.2 Å². The van der Waals surface area contributed by atoms with E-state index in [1.165, 1.54) is 18.2 Å². The van der Waals surface area contributed by atoms with Gasteiger partial charge >= 0.3 is 0 Å². The van der Waals surface area contributed by atoms with Crippen molar-refractivity contribution in [3.63, 3.8) is 0 Å². The smallest absolute Gasteiger partial charge is 0.253 e. The molecule has 1 amide bonds. The fourth-order valence-corrected chi connectivity index (χ4v) is 4.39. The summed E-state index contributed by atoms with van der Waals surface area (Å²) in [5, 5.41) is 0.358. The Kier molecular flexibility index (Phi) is 8.23. The van der Waals surface area contributed by atoms with Gasteiger partial charge in [-0.25, -0.2) is 4.39 Å². The molecule has 0 aliphatic rings. The highest BCUT2D eigenvalue weighted by Crippen LogP contribution is 2.23. The molecule has 2 heterocycles. The largest absolute Gasteiger partial charge is 0.460 e. The topological polar surface area (TPSA) is 89.4 Å². The Morgan fingerprint density at radius 3 is 2.58 bits per heavy atom. The van der Waals surface area contributed by atoms with Crippen molar-refractivity contribution in [1.29, 1.82) is 0 Å². The SMILES string of the molecule is CC(Cc1oc2cc(F)ccc2c(=O)c1Cc1ccccc1)CN(CCCN)C(=O)c1ccncc1. The van der Waals surface area contributed by atoms with Gasteiger partial charge in [-0.3, -0.25) is 14.6 Å². The Labute approximate surface area is 209 Å². The molecular formula is C29H30FN3O3. The van der Waals surface area contributed by atoms with Gasteiger partial charge in [-0.15, -0.1) is 0 Å². The summed E-state index contributed by atoms with van der Waals surface area (Å²) < 4.78 is 20.1. The van der Waals surface area contributed by atoms with E-state index >= 15 is 0 Å². The molecule has 0 fully saturated rings. The summed E-state index contributed by atoms with van der Waals surface area (Å²) in [5.74, 6) is -0.0672. The molecule has 0 spiro atoms. The van der Waals surface area contributed by atoms with E-state index < -0.39 is 5.82 Å². The number of benzene rings is 2. The molecule has 1 unspecified atom stereocenters. The van der Waals surface area contributed by atoms with E-state index in [0.29, 0.717) is 61.2 Å². The third-order valence-electron chi connectivity index (χ3n) is 6.17. The Balaban J connectivity index is 1.64.